The summed E-state index contributed by atoms with van der Waals surface area (Å²) in [4.78, 5) is 20.1. The molecule has 0 saturated heterocycles. The van der Waals surface area contributed by atoms with E-state index in [4.69, 9.17) is 16.7 Å². The maximum Gasteiger partial charge on any atom is 0.271 e. The van der Waals surface area contributed by atoms with E-state index in [0.717, 1.165) is 11.8 Å². The topological polar surface area (TPSA) is 149 Å². The standard InChI is InChI=1S/C20H19ClN4O5S2/c21-17-12-24-20(31(27,28)13-15-4-2-1-3-5-15)25-18(17)19(26)23-11-10-14-6-8-16(9-7-14)32(22,29)30/h1-9,12H,10-11,13H2,(H,23,26)(H2,22,29,30). The summed E-state index contributed by atoms with van der Waals surface area (Å²) in [6.07, 6.45) is 1.46. The maximum atomic E-state index is 12.6. The lowest BCUT2D eigenvalue weighted by Gasteiger charge is -2.09. The average molecular weight is 495 g/mol. The molecule has 3 N–H and O–H groups in total. The van der Waals surface area contributed by atoms with Crippen LogP contribution in [0.3, 0.4) is 0 Å². The van der Waals surface area contributed by atoms with Crippen LogP contribution in [0.2, 0.25) is 5.02 Å². The van der Waals surface area contributed by atoms with Gasteiger partial charge < -0.3 is 5.32 Å². The number of nitrogens with zero attached hydrogens (tertiary/aromatic N) is 2. The Balaban J connectivity index is 1.68. The molecule has 0 spiro atoms. The summed E-state index contributed by atoms with van der Waals surface area (Å²) in [6, 6.07) is 14.4. The predicted octanol–water partition coefficient (Wildman–Crippen LogP) is 1.72. The Morgan fingerprint density at radius 3 is 2.25 bits per heavy atom. The summed E-state index contributed by atoms with van der Waals surface area (Å²) >= 11 is 6.01. The number of primary sulfonamides is 1. The summed E-state index contributed by atoms with van der Waals surface area (Å²) in [5.74, 6) is -0.972. The van der Waals surface area contributed by atoms with Crippen LogP contribution in [-0.2, 0) is 32.0 Å². The normalized spacial score (nSPS) is 11.8. The highest BCUT2D eigenvalue weighted by molar-refractivity contribution is 7.90. The first-order valence-corrected chi connectivity index (χ1v) is 12.8. The van der Waals surface area contributed by atoms with Gasteiger partial charge in [0.1, 0.15) is 0 Å². The van der Waals surface area contributed by atoms with E-state index in [9.17, 15) is 21.6 Å². The molecule has 0 radical (unpaired) electrons. The van der Waals surface area contributed by atoms with Gasteiger partial charge in [-0.3, -0.25) is 4.79 Å². The molecule has 168 valence electrons. The van der Waals surface area contributed by atoms with Crippen molar-refractivity contribution in [1.82, 2.24) is 15.3 Å². The molecule has 0 saturated carbocycles. The second kappa shape index (κ2) is 9.74. The van der Waals surface area contributed by atoms with Crippen molar-refractivity contribution in [1.29, 1.82) is 0 Å². The number of halogens is 1. The number of carbonyl (C=O) groups excluding carboxylic acids is 1. The number of aromatic nitrogens is 2. The van der Waals surface area contributed by atoms with Gasteiger partial charge in [0.2, 0.25) is 25.0 Å². The molecule has 0 bridgehead atoms. The van der Waals surface area contributed by atoms with Crippen LogP contribution in [0.15, 0.2) is 70.8 Å². The van der Waals surface area contributed by atoms with Gasteiger partial charge in [-0.15, -0.1) is 0 Å². The lowest BCUT2D eigenvalue weighted by atomic mass is 10.1. The zero-order chi connectivity index (χ0) is 23.4. The molecule has 1 heterocycles. The van der Waals surface area contributed by atoms with Crippen molar-refractivity contribution < 1.29 is 21.6 Å². The van der Waals surface area contributed by atoms with Gasteiger partial charge >= 0.3 is 0 Å². The van der Waals surface area contributed by atoms with Crippen LogP contribution in [0.5, 0.6) is 0 Å². The number of rotatable bonds is 8. The largest absolute Gasteiger partial charge is 0.350 e. The van der Waals surface area contributed by atoms with Crippen LogP contribution in [0, 0.1) is 0 Å². The highest BCUT2D eigenvalue weighted by atomic mass is 35.5. The van der Waals surface area contributed by atoms with E-state index in [1.165, 1.54) is 12.1 Å². The van der Waals surface area contributed by atoms with Gasteiger partial charge in [0, 0.05) is 6.54 Å². The molecular formula is C20H19ClN4O5S2. The molecule has 0 fully saturated rings. The number of hydrogen-bond donors (Lipinski definition) is 2. The second-order valence-corrected chi connectivity index (χ2v) is 10.6. The third-order valence-electron chi connectivity index (χ3n) is 4.37. The van der Waals surface area contributed by atoms with E-state index in [2.05, 4.69) is 15.3 Å². The fraction of sp³-hybridized carbons (Fsp3) is 0.150. The monoisotopic (exact) mass is 494 g/mol. The molecule has 1 amide bonds. The van der Waals surface area contributed by atoms with Crippen LogP contribution in [-0.4, -0.2) is 39.3 Å². The van der Waals surface area contributed by atoms with Crippen LogP contribution in [0.4, 0.5) is 0 Å². The van der Waals surface area contributed by atoms with Crippen LogP contribution in [0.25, 0.3) is 0 Å². The molecule has 2 aromatic carbocycles. The molecule has 1 aromatic heterocycles. The van der Waals surface area contributed by atoms with Gasteiger partial charge in [-0.05, 0) is 29.7 Å². The molecule has 0 aliphatic heterocycles. The molecule has 0 aliphatic carbocycles. The van der Waals surface area contributed by atoms with Crippen LogP contribution < -0.4 is 10.5 Å². The zero-order valence-corrected chi connectivity index (χ0v) is 19.0. The van der Waals surface area contributed by atoms with Gasteiger partial charge in [-0.1, -0.05) is 54.1 Å². The Kier molecular flexibility index (Phi) is 7.24. The third-order valence-corrected chi connectivity index (χ3v) is 7.04. The number of sulfone groups is 1. The van der Waals surface area contributed by atoms with Crippen LogP contribution >= 0.6 is 11.6 Å². The van der Waals surface area contributed by atoms with Crippen molar-refractivity contribution in [2.24, 2.45) is 5.14 Å². The fourth-order valence-electron chi connectivity index (χ4n) is 2.77. The minimum Gasteiger partial charge on any atom is -0.350 e. The Bertz CT molecular complexity index is 1330. The molecule has 32 heavy (non-hydrogen) atoms. The van der Waals surface area contributed by atoms with Crippen molar-refractivity contribution in [3.05, 3.63) is 82.6 Å². The number of amides is 1. The average Bonchev–Trinajstić information content (AvgIpc) is 2.74. The number of nitrogens with one attached hydrogen (secondary N) is 1. The highest BCUT2D eigenvalue weighted by Crippen LogP contribution is 2.18. The van der Waals surface area contributed by atoms with Gasteiger partial charge in [-0.25, -0.2) is 31.9 Å². The fourth-order valence-corrected chi connectivity index (χ4v) is 4.66. The number of hydrogen-bond acceptors (Lipinski definition) is 7. The molecule has 0 atom stereocenters. The quantitative estimate of drug-likeness (QED) is 0.452. The zero-order valence-electron chi connectivity index (χ0n) is 16.6. The first-order chi connectivity index (χ1) is 15.1. The molecule has 3 rings (SSSR count). The minimum atomic E-state index is -3.89. The first kappa shape index (κ1) is 23.8. The van der Waals surface area contributed by atoms with Crippen molar-refractivity contribution in [3.63, 3.8) is 0 Å². The Labute approximate surface area is 190 Å². The third kappa shape index (κ3) is 6.10. The number of carbonyl (C=O) groups is 1. The van der Waals surface area contributed by atoms with E-state index in [-0.39, 0.29) is 27.9 Å². The van der Waals surface area contributed by atoms with E-state index in [0.29, 0.717) is 12.0 Å². The SMILES string of the molecule is NS(=O)(=O)c1ccc(CCNC(=O)c2nc(S(=O)(=O)Cc3ccccc3)ncc2Cl)cc1. The van der Waals surface area contributed by atoms with Crippen molar-refractivity contribution in [2.75, 3.05) is 6.54 Å². The van der Waals surface area contributed by atoms with Crippen molar-refractivity contribution in [3.8, 4) is 0 Å². The minimum absolute atomic E-state index is 0.0118. The summed E-state index contributed by atoms with van der Waals surface area (Å²) in [5, 5.41) is 7.09. The lowest BCUT2D eigenvalue weighted by Crippen LogP contribution is -2.27. The summed E-state index contributed by atoms with van der Waals surface area (Å²) < 4.78 is 47.8. The predicted molar refractivity (Wildman–Crippen MR) is 118 cm³/mol. The number of nitrogens with two attached hydrogens (primary N) is 1. The summed E-state index contributed by atoms with van der Waals surface area (Å²) in [7, 11) is -7.66. The molecule has 0 unspecified atom stereocenters. The van der Waals surface area contributed by atoms with E-state index >= 15 is 0 Å². The van der Waals surface area contributed by atoms with E-state index in [1.807, 2.05) is 0 Å². The Hall–Kier alpha value is -2.86. The number of benzene rings is 2. The second-order valence-electron chi connectivity index (χ2n) is 6.79. The Morgan fingerprint density at radius 1 is 0.969 bits per heavy atom. The van der Waals surface area contributed by atoms with E-state index in [1.54, 1.807) is 42.5 Å². The summed E-state index contributed by atoms with van der Waals surface area (Å²) in [6.45, 7) is 0.181. The van der Waals surface area contributed by atoms with Crippen LogP contribution in [0.1, 0.15) is 21.6 Å². The highest BCUT2D eigenvalue weighted by Gasteiger charge is 2.23. The van der Waals surface area contributed by atoms with Gasteiger partial charge in [-0.2, -0.15) is 0 Å². The lowest BCUT2D eigenvalue weighted by molar-refractivity contribution is 0.0948. The van der Waals surface area contributed by atoms with E-state index < -0.39 is 30.9 Å². The van der Waals surface area contributed by atoms with Crippen molar-refractivity contribution in [2.45, 2.75) is 22.2 Å². The molecule has 0 aliphatic rings. The Morgan fingerprint density at radius 2 is 1.62 bits per heavy atom. The molecule has 9 nitrogen and oxygen atoms in total. The van der Waals surface area contributed by atoms with Gasteiger partial charge in [0.15, 0.2) is 5.69 Å². The molecule has 12 heteroatoms. The molecular weight excluding hydrogens is 476 g/mol. The summed E-state index contributed by atoms with van der Waals surface area (Å²) in [5.41, 5.74) is 1.07. The van der Waals surface area contributed by atoms with Crippen molar-refractivity contribution >= 4 is 37.4 Å². The van der Waals surface area contributed by atoms with Gasteiger partial charge in [0.25, 0.3) is 5.91 Å². The number of sulfonamides is 1. The van der Waals surface area contributed by atoms with Gasteiger partial charge in [0.05, 0.1) is 21.9 Å². The first-order valence-electron chi connectivity index (χ1n) is 9.25. The molecule has 3 aromatic rings. The maximum absolute atomic E-state index is 12.6. The smallest absolute Gasteiger partial charge is 0.271 e.